The quantitative estimate of drug-likeness (QED) is 0.861. The van der Waals surface area contributed by atoms with Crippen LogP contribution in [0.2, 0.25) is 0 Å². The van der Waals surface area contributed by atoms with Gasteiger partial charge in [0, 0.05) is 18.3 Å². The van der Waals surface area contributed by atoms with Crippen molar-refractivity contribution >= 4 is 33.0 Å². The standard InChI is InChI=1S/C13H13BrFNOS/c1-2-17-12-4-3-10(6-11(12)15)16-7-9-5-13(14)18-8-9/h3-6,8,16H,2,7H2,1H3. The summed E-state index contributed by atoms with van der Waals surface area (Å²) in [5.74, 6) is -0.0466. The fraction of sp³-hybridized carbons (Fsp3) is 0.231. The molecule has 0 amide bonds. The molecule has 5 heteroatoms. The SMILES string of the molecule is CCOc1ccc(NCc2csc(Br)c2)cc1F. The molecule has 1 aromatic carbocycles. The van der Waals surface area contributed by atoms with Crippen molar-refractivity contribution in [3.8, 4) is 5.75 Å². The number of thiophene rings is 1. The Labute approximate surface area is 118 Å². The summed E-state index contributed by atoms with van der Waals surface area (Å²) in [6.07, 6.45) is 0. The monoisotopic (exact) mass is 329 g/mol. The molecule has 1 aromatic heterocycles. The number of rotatable bonds is 5. The first-order chi connectivity index (χ1) is 8.69. The predicted molar refractivity (Wildman–Crippen MR) is 76.9 cm³/mol. The Morgan fingerprint density at radius 2 is 2.22 bits per heavy atom. The van der Waals surface area contributed by atoms with Gasteiger partial charge in [-0.05, 0) is 52.0 Å². The minimum Gasteiger partial charge on any atom is -0.491 e. The Bertz CT molecular complexity index is 529. The van der Waals surface area contributed by atoms with E-state index in [-0.39, 0.29) is 5.82 Å². The van der Waals surface area contributed by atoms with Crippen LogP contribution in [0.3, 0.4) is 0 Å². The molecule has 0 radical (unpaired) electrons. The summed E-state index contributed by atoms with van der Waals surface area (Å²) in [5, 5.41) is 5.23. The maximum atomic E-state index is 13.6. The van der Waals surface area contributed by atoms with E-state index in [0.29, 0.717) is 18.9 Å². The summed E-state index contributed by atoms with van der Waals surface area (Å²) in [6, 6.07) is 6.95. The Morgan fingerprint density at radius 3 is 2.83 bits per heavy atom. The Balaban J connectivity index is 1.99. The molecule has 96 valence electrons. The van der Waals surface area contributed by atoms with Crippen molar-refractivity contribution in [1.29, 1.82) is 0 Å². The van der Waals surface area contributed by atoms with E-state index in [1.54, 1.807) is 17.4 Å². The van der Waals surface area contributed by atoms with Crippen molar-refractivity contribution in [2.24, 2.45) is 0 Å². The highest BCUT2D eigenvalue weighted by Crippen LogP contribution is 2.23. The van der Waals surface area contributed by atoms with Gasteiger partial charge >= 0.3 is 0 Å². The summed E-state index contributed by atoms with van der Waals surface area (Å²) in [5.41, 5.74) is 1.92. The van der Waals surface area contributed by atoms with Crippen LogP contribution in [0, 0.1) is 5.82 Å². The molecule has 0 aliphatic carbocycles. The highest BCUT2D eigenvalue weighted by molar-refractivity contribution is 9.11. The largest absolute Gasteiger partial charge is 0.491 e. The van der Waals surface area contributed by atoms with Crippen LogP contribution in [0.25, 0.3) is 0 Å². The van der Waals surface area contributed by atoms with Crippen LogP contribution in [0.5, 0.6) is 5.75 Å². The van der Waals surface area contributed by atoms with Gasteiger partial charge in [0.2, 0.25) is 0 Å². The van der Waals surface area contributed by atoms with Crippen LogP contribution in [0.4, 0.5) is 10.1 Å². The average Bonchev–Trinajstić information content (AvgIpc) is 2.76. The molecule has 0 unspecified atom stereocenters. The number of ether oxygens (including phenoxy) is 1. The summed E-state index contributed by atoms with van der Waals surface area (Å²) in [6.45, 7) is 2.97. The highest BCUT2D eigenvalue weighted by Gasteiger charge is 2.04. The fourth-order valence-corrected chi connectivity index (χ4v) is 2.74. The molecule has 1 heterocycles. The van der Waals surface area contributed by atoms with Gasteiger partial charge in [-0.1, -0.05) is 0 Å². The van der Waals surface area contributed by atoms with Crippen molar-refractivity contribution in [3.05, 3.63) is 44.8 Å². The molecule has 0 spiro atoms. The molecule has 2 rings (SSSR count). The molecular formula is C13H13BrFNOS. The number of halogens is 2. The van der Waals surface area contributed by atoms with E-state index in [9.17, 15) is 4.39 Å². The van der Waals surface area contributed by atoms with Crippen LogP contribution >= 0.6 is 27.3 Å². The van der Waals surface area contributed by atoms with Crippen molar-refractivity contribution < 1.29 is 9.13 Å². The minimum atomic E-state index is -0.339. The molecule has 2 nitrogen and oxygen atoms in total. The fourth-order valence-electron chi connectivity index (χ4n) is 1.53. The van der Waals surface area contributed by atoms with Crippen LogP contribution in [0.1, 0.15) is 12.5 Å². The first-order valence-corrected chi connectivity index (χ1v) is 7.25. The molecule has 0 atom stereocenters. The minimum absolute atomic E-state index is 0.293. The third-order valence-corrected chi connectivity index (χ3v) is 3.90. The molecule has 2 aromatic rings. The Morgan fingerprint density at radius 1 is 1.39 bits per heavy atom. The lowest BCUT2D eigenvalue weighted by atomic mass is 10.2. The lowest BCUT2D eigenvalue weighted by molar-refractivity contribution is 0.321. The zero-order chi connectivity index (χ0) is 13.0. The second kappa shape index (κ2) is 6.20. The maximum Gasteiger partial charge on any atom is 0.167 e. The third kappa shape index (κ3) is 3.46. The van der Waals surface area contributed by atoms with Crippen LogP contribution in [-0.2, 0) is 6.54 Å². The lowest BCUT2D eigenvalue weighted by Crippen LogP contribution is -2.00. The molecule has 0 saturated carbocycles. The second-order valence-corrected chi connectivity index (χ2v) is 5.98. The summed E-state index contributed by atoms with van der Waals surface area (Å²) in [7, 11) is 0. The van der Waals surface area contributed by atoms with Crippen molar-refractivity contribution in [1.82, 2.24) is 0 Å². The van der Waals surface area contributed by atoms with Gasteiger partial charge in [-0.3, -0.25) is 0 Å². The van der Waals surface area contributed by atoms with Crippen LogP contribution < -0.4 is 10.1 Å². The van der Waals surface area contributed by atoms with Crippen molar-refractivity contribution in [3.63, 3.8) is 0 Å². The second-order valence-electron chi connectivity index (χ2n) is 3.69. The number of anilines is 1. The number of benzene rings is 1. The van der Waals surface area contributed by atoms with Gasteiger partial charge in [0.15, 0.2) is 11.6 Å². The molecule has 0 aliphatic heterocycles. The van der Waals surface area contributed by atoms with E-state index in [1.807, 2.05) is 19.1 Å². The van der Waals surface area contributed by atoms with Gasteiger partial charge in [0.05, 0.1) is 10.4 Å². The summed E-state index contributed by atoms with van der Waals surface area (Å²) < 4.78 is 19.8. The Hall–Kier alpha value is -1.07. The van der Waals surface area contributed by atoms with Crippen LogP contribution in [0.15, 0.2) is 33.4 Å². The zero-order valence-electron chi connectivity index (χ0n) is 9.87. The molecule has 0 aliphatic rings. The topological polar surface area (TPSA) is 21.3 Å². The van der Waals surface area contributed by atoms with E-state index >= 15 is 0 Å². The van der Waals surface area contributed by atoms with Crippen LogP contribution in [-0.4, -0.2) is 6.61 Å². The van der Waals surface area contributed by atoms with Gasteiger partial charge in [-0.15, -0.1) is 11.3 Å². The molecule has 0 bridgehead atoms. The number of hydrogen-bond donors (Lipinski definition) is 1. The van der Waals surface area contributed by atoms with Crippen molar-refractivity contribution in [2.75, 3.05) is 11.9 Å². The number of hydrogen-bond acceptors (Lipinski definition) is 3. The third-order valence-electron chi connectivity index (χ3n) is 2.35. The number of nitrogens with one attached hydrogen (secondary N) is 1. The molecule has 18 heavy (non-hydrogen) atoms. The summed E-state index contributed by atoms with van der Waals surface area (Å²) >= 11 is 5.05. The van der Waals surface area contributed by atoms with E-state index in [0.717, 1.165) is 9.47 Å². The van der Waals surface area contributed by atoms with Gasteiger partial charge < -0.3 is 10.1 Å². The first-order valence-electron chi connectivity index (χ1n) is 5.58. The average molecular weight is 330 g/mol. The van der Waals surface area contributed by atoms with Gasteiger partial charge in [-0.2, -0.15) is 0 Å². The Kier molecular flexibility index (Phi) is 4.60. The zero-order valence-corrected chi connectivity index (χ0v) is 12.3. The van der Waals surface area contributed by atoms with E-state index in [1.165, 1.54) is 11.6 Å². The van der Waals surface area contributed by atoms with Gasteiger partial charge in [-0.25, -0.2) is 4.39 Å². The smallest absolute Gasteiger partial charge is 0.167 e. The van der Waals surface area contributed by atoms with E-state index in [4.69, 9.17) is 4.74 Å². The van der Waals surface area contributed by atoms with E-state index in [2.05, 4.69) is 26.6 Å². The lowest BCUT2D eigenvalue weighted by Gasteiger charge is -2.08. The molecule has 0 fully saturated rings. The summed E-state index contributed by atoms with van der Waals surface area (Å²) in [4.78, 5) is 0. The van der Waals surface area contributed by atoms with Gasteiger partial charge in [0.1, 0.15) is 0 Å². The highest BCUT2D eigenvalue weighted by atomic mass is 79.9. The van der Waals surface area contributed by atoms with E-state index < -0.39 is 0 Å². The first kappa shape index (κ1) is 13.4. The van der Waals surface area contributed by atoms with Gasteiger partial charge in [0.25, 0.3) is 0 Å². The molecule has 1 N–H and O–H groups in total. The predicted octanol–water partition coefficient (Wildman–Crippen LogP) is 4.66. The molecular weight excluding hydrogens is 317 g/mol. The normalized spacial score (nSPS) is 10.4. The molecule has 0 saturated heterocycles. The van der Waals surface area contributed by atoms with Crippen molar-refractivity contribution in [2.45, 2.75) is 13.5 Å². The maximum absolute atomic E-state index is 13.6.